The number of halogens is 3. The molecule has 194 valence electrons. The van der Waals surface area contributed by atoms with Gasteiger partial charge in [0, 0.05) is 48.3 Å². The summed E-state index contributed by atoms with van der Waals surface area (Å²) in [5.74, 6) is 0.412. The van der Waals surface area contributed by atoms with Gasteiger partial charge in [0.25, 0.3) is 0 Å². The Labute approximate surface area is 226 Å². The molecule has 0 bridgehead atoms. The molecule has 7 heteroatoms. The fraction of sp³-hybridized carbons (Fsp3) is 0.400. The van der Waals surface area contributed by atoms with Crippen LogP contribution in [0.1, 0.15) is 70.4 Å². The van der Waals surface area contributed by atoms with Gasteiger partial charge < -0.3 is 9.47 Å². The number of carbonyl (C=O) groups is 2. The van der Waals surface area contributed by atoms with Crippen LogP contribution in [0.4, 0.5) is 4.39 Å². The van der Waals surface area contributed by atoms with Crippen molar-refractivity contribution in [3.63, 3.8) is 0 Å². The van der Waals surface area contributed by atoms with E-state index in [4.69, 9.17) is 32.7 Å². The second-order valence-corrected chi connectivity index (χ2v) is 12.6. The quantitative estimate of drug-likeness (QED) is 0.391. The summed E-state index contributed by atoms with van der Waals surface area (Å²) in [5, 5.41) is 0.448. The number of Topliss-reactive ketones (excluding diaryl/α,β-unsaturated/α-hetero) is 2. The molecule has 0 unspecified atom stereocenters. The van der Waals surface area contributed by atoms with Gasteiger partial charge in [-0.3, -0.25) is 9.59 Å². The van der Waals surface area contributed by atoms with Crippen molar-refractivity contribution in [1.29, 1.82) is 0 Å². The lowest BCUT2D eigenvalue weighted by Gasteiger charge is -2.42. The van der Waals surface area contributed by atoms with Crippen LogP contribution in [-0.4, -0.2) is 11.6 Å². The van der Waals surface area contributed by atoms with E-state index >= 15 is 0 Å². The SMILES string of the molecule is CC1(C)CC(=O)C2=C(C1)OC1=C(C(=O)CC(C)(C)C1)C2c1cc(Cl)c(OCc2ccccc2F)c(Cl)c1. The largest absolute Gasteiger partial charge is 0.486 e. The van der Waals surface area contributed by atoms with E-state index in [0.29, 0.717) is 59.5 Å². The maximum absolute atomic E-state index is 14.1. The van der Waals surface area contributed by atoms with E-state index in [2.05, 4.69) is 0 Å². The molecular formula is C30H29Cl2FO4. The van der Waals surface area contributed by atoms with Gasteiger partial charge in [-0.2, -0.15) is 0 Å². The Morgan fingerprint density at radius 3 is 1.92 bits per heavy atom. The molecule has 0 amide bonds. The average Bonchev–Trinajstić information content (AvgIpc) is 2.76. The first kappa shape index (κ1) is 26.0. The molecule has 0 saturated carbocycles. The van der Waals surface area contributed by atoms with E-state index in [1.54, 1.807) is 30.3 Å². The minimum atomic E-state index is -0.610. The Hall–Kier alpha value is -2.63. The van der Waals surface area contributed by atoms with Crippen molar-refractivity contribution >= 4 is 34.8 Å². The molecule has 0 aromatic heterocycles. The van der Waals surface area contributed by atoms with Crippen molar-refractivity contribution in [2.75, 3.05) is 0 Å². The van der Waals surface area contributed by atoms with Crippen molar-refractivity contribution in [1.82, 2.24) is 0 Å². The molecule has 37 heavy (non-hydrogen) atoms. The highest BCUT2D eigenvalue weighted by Gasteiger charge is 2.48. The standard InChI is InChI=1S/C30H29Cl2FO4/c1-29(2)11-21(34)26-23(13-29)37-24-14-30(3,4)12-22(35)27(24)25(26)17-9-18(31)28(19(32)10-17)36-15-16-7-5-6-8-20(16)33/h5-10,25H,11-15H2,1-4H3. The van der Waals surface area contributed by atoms with Gasteiger partial charge in [0.1, 0.15) is 23.9 Å². The van der Waals surface area contributed by atoms with E-state index in [9.17, 15) is 14.0 Å². The fourth-order valence-electron chi connectivity index (χ4n) is 5.66. The maximum Gasteiger partial charge on any atom is 0.163 e. The minimum Gasteiger partial charge on any atom is -0.486 e. The third-order valence-electron chi connectivity index (χ3n) is 7.27. The predicted molar refractivity (Wildman–Crippen MR) is 141 cm³/mol. The van der Waals surface area contributed by atoms with Crippen LogP contribution in [0.3, 0.4) is 0 Å². The topological polar surface area (TPSA) is 52.6 Å². The van der Waals surface area contributed by atoms with Gasteiger partial charge in [0.2, 0.25) is 0 Å². The molecule has 1 heterocycles. The van der Waals surface area contributed by atoms with E-state index < -0.39 is 5.92 Å². The normalized spacial score (nSPS) is 20.9. The lowest BCUT2D eigenvalue weighted by Crippen LogP contribution is -2.37. The molecule has 0 atom stereocenters. The van der Waals surface area contributed by atoms with E-state index in [0.717, 1.165) is 0 Å². The molecule has 2 aromatic carbocycles. The highest BCUT2D eigenvalue weighted by atomic mass is 35.5. The number of benzene rings is 2. The third kappa shape index (κ3) is 4.96. The predicted octanol–water partition coefficient (Wildman–Crippen LogP) is 8.11. The van der Waals surface area contributed by atoms with Crippen LogP contribution in [0, 0.1) is 16.6 Å². The molecule has 0 fully saturated rings. The highest BCUT2D eigenvalue weighted by molar-refractivity contribution is 6.37. The summed E-state index contributed by atoms with van der Waals surface area (Å²) in [7, 11) is 0. The molecule has 2 aliphatic carbocycles. The molecule has 4 nitrogen and oxygen atoms in total. The summed E-state index contributed by atoms with van der Waals surface area (Å²) < 4.78 is 26.2. The lowest BCUT2D eigenvalue weighted by atomic mass is 9.65. The summed E-state index contributed by atoms with van der Waals surface area (Å²) in [5.41, 5.74) is 1.55. The number of carbonyl (C=O) groups excluding carboxylic acids is 2. The highest BCUT2D eigenvalue weighted by Crippen LogP contribution is 2.54. The summed E-state index contributed by atoms with van der Waals surface area (Å²) in [6, 6.07) is 9.69. The van der Waals surface area contributed by atoms with Gasteiger partial charge in [0.15, 0.2) is 17.3 Å². The van der Waals surface area contributed by atoms with Crippen LogP contribution in [-0.2, 0) is 20.9 Å². The van der Waals surface area contributed by atoms with Crippen LogP contribution in [0.2, 0.25) is 10.0 Å². The first-order chi connectivity index (χ1) is 17.3. The summed E-state index contributed by atoms with van der Waals surface area (Å²) in [6.45, 7) is 8.13. The van der Waals surface area contributed by atoms with Crippen molar-refractivity contribution in [2.24, 2.45) is 10.8 Å². The van der Waals surface area contributed by atoms with Crippen LogP contribution in [0.25, 0.3) is 0 Å². The smallest absolute Gasteiger partial charge is 0.163 e. The molecule has 3 aliphatic rings. The van der Waals surface area contributed by atoms with Gasteiger partial charge in [-0.05, 0) is 34.6 Å². The zero-order chi connectivity index (χ0) is 26.7. The van der Waals surface area contributed by atoms with Crippen molar-refractivity contribution < 1.29 is 23.5 Å². The van der Waals surface area contributed by atoms with Gasteiger partial charge in [0.05, 0.1) is 10.0 Å². The molecule has 0 spiro atoms. The van der Waals surface area contributed by atoms with Crippen molar-refractivity contribution in [3.05, 3.63) is 86.1 Å². The van der Waals surface area contributed by atoms with E-state index in [-0.39, 0.29) is 50.6 Å². The van der Waals surface area contributed by atoms with Crippen LogP contribution >= 0.6 is 23.2 Å². The minimum absolute atomic E-state index is 0.0347. The Kier molecular flexibility index (Phi) is 6.52. The van der Waals surface area contributed by atoms with Gasteiger partial charge in [-0.15, -0.1) is 0 Å². The summed E-state index contributed by atoms with van der Waals surface area (Å²) >= 11 is 13.3. The number of hydrogen-bond acceptors (Lipinski definition) is 4. The Balaban J connectivity index is 1.58. The molecule has 0 radical (unpaired) electrons. The molecular weight excluding hydrogens is 514 g/mol. The second-order valence-electron chi connectivity index (χ2n) is 11.8. The number of hydrogen-bond donors (Lipinski definition) is 0. The van der Waals surface area contributed by atoms with Crippen molar-refractivity contribution in [3.8, 4) is 5.75 Å². The van der Waals surface area contributed by atoms with E-state index in [1.807, 2.05) is 27.7 Å². The van der Waals surface area contributed by atoms with Crippen LogP contribution in [0.15, 0.2) is 59.1 Å². The van der Waals surface area contributed by atoms with Crippen LogP contribution in [0.5, 0.6) is 5.75 Å². The third-order valence-corrected chi connectivity index (χ3v) is 7.83. The van der Waals surface area contributed by atoms with Crippen LogP contribution < -0.4 is 4.74 Å². The first-order valence-corrected chi connectivity index (χ1v) is 13.2. The maximum atomic E-state index is 14.1. The summed E-state index contributed by atoms with van der Waals surface area (Å²) in [4.78, 5) is 26.9. The molecule has 0 N–H and O–H groups in total. The zero-order valence-corrected chi connectivity index (χ0v) is 22.9. The first-order valence-electron chi connectivity index (χ1n) is 12.4. The summed E-state index contributed by atoms with van der Waals surface area (Å²) in [6.07, 6.45) is 1.92. The lowest BCUT2D eigenvalue weighted by molar-refractivity contribution is -0.120. The van der Waals surface area contributed by atoms with Crippen molar-refractivity contribution in [2.45, 2.75) is 65.9 Å². The second kappa shape index (κ2) is 9.28. The average molecular weight is 543 g/mol. The number of rotatable bonds is 4. The Morgan fingerprint density at radius 2 is 1.41 bits per heavy atom. The molecule has 5 rings (SSSR count). The fourth-order valence-corrected chi connectivity index (χ4v) is 6.27. The van der Waals surface area contributed by atoms with E-state index in [1.165, 1.54) is 6.07 Å². The Morgan fingerprint density at radius 1 is 0.892 bits per heavy atom. The number of ether oxygens (including phenoxy) is 2. The molecule has 0 saturated heterocycles. The van der Waals surface area contributed by atoms with Gasteiger partial charge in [-0.25, -0.2) is 4.39 Å². The molecule has 2 aromatic rings. The number of ketones is 2. The monoisotopic (exact) mass is 542 g/mol. The molecule has 1 aliphatic heterocycles. The van der Waals surface area contributed by atoms with Gasteiger partial charge in [-0.1, -0.05) is 69.1 Å². The zero-order valence-electron chi connectivity index (χ0n) is 21.3. The number of allylic oxidation sites excluding steroid dienone is 4. The Bertz CT molecular complexity index is 1310. The van der Waals surface area contributed by atoms with Gasteiger partial charge >= 0.3 is 0 Å².